The Balaban J connectivity index is 1.73. The van der Waals surface area contributed by atoms with Crippen molar-refractivity contribution >= 4 is 23.5 Å². The fourth-order valence-corrected chi connectivity index (χ4v) is 4.35. The van der Waals surface area contributed by atoms with Crippen LogP contribution in [0.5, 0.6) is 0 Å². The molecule has 0 spiro atoms. The molecule has 0 aromatic heterocycles. The van der Waals surface area contributed by atoms with E-state index in [1.165, 1.54) is 4.90 Å². The molecule has 9 nitrogen and oxygen atoms in total. The maximum absolute atomic E-state index is 13.1. The third kappa shape index (κ3) is 7.25. The maximum Gasteiger partial charge on any atom is 0.522 e. The number of nitrogens with one attached hydrogen (secondary N) is 2. The van der Waals surface area contributed by atoms with Gasteiger partial charge in [0.05, 0.1) is 6.04 Å². The quantitative estimate of drug-likeness (QED) is 0.469. The number of carbonyl (C=O) groups excluding carboxylic acids is 4. The molecule has 1 aromatic carbocycles. The lowest BCUT2D eigenvalue weighted by Gasteiger charge is -2.36. The molecule has 0 aliphatic carbocycles. The second kappa shape index (κ2) is 11.6. The molecule has 2 fully saturated rings. The van der Waals surface area contributed by atoms with Crippen LogP contribution in [0.3, 0.4) is 0 Å². The van der Waals surface area contributed by atoms with Crippen molar-refractivity contribution in [2.24, 2.45) is 5.92 Å². The monoisotopic (exact) mass is 499 g/mol. The van der Waals surface area contributed by atoms with Gasteiger partial charge in [0.15, 0.2) is 11.9 Å². The SMILES string of the molecule is O=C1NCCC1CC(NC(=O)C1CCCCN1C(=O)C(O)c1ccccc1)C(=O)COC(F)(F)F. The van der Waals surface area contributed by atoms with Gasteiger partial charge in [-0.25, -0.2) is 0 Å². The molecule has 0 radical (unpaired) electrons. The molecule has 4 unspecified atom stereocenters. The summed E-state index contributed by atoms with van der Waals surface area (Å²) in [5.74, 6) is -3.46. The van der Waals surface area contributed by atoms with Crippen molar-refractivity contribution in [2.75, 3.05) is 19.7 Å². The molecule has 2 aliphatic heterocycles. The highest BCUT2D eigenvalue weighted by molar-refractivity contribution is 5.94. The van der Waals surface area contributed by atoms with Crippen LogP contribution in [0, 0.1) is 5.92 Å². The molecule has 12 heteroatoms. The lowest BCUT2D eigenvalue weighted by molar-refractivity contribution is -0.321. The highest BCUT2D eigenvalue weighted by atomic mass is 19.4. The fraction of sp³-hybridized carbons (Fsp3) is 0.565. The van der Waals surface area contributed by atoms with Crippen LogP contribution in [-0.2, 0) is 23.9 Å². The number of hydrogen-bond donors (Lipinski definition) is 3. The predicted octanol–water partition coefficient (Wildman–Crippen LogP) is 1.22. The number of aliphatic hydroxyl groups is 1. The van der Waals surface area contributed by atoms with Crippen molar-refractivity contribution in [3.63, 3.8) is 0 Å². The van der Waals surface area contributed by atoms with Crippen LogP contribution in [-0.4, -0.2) is 71.7 Å². The highest BCUT2D eigenvalue weighted by Crippen LogP contribution is 2.24. The number of halogens is 3. The van der Waals surface area contributed by atoms with E-state index in [4.69, 9.17) is 0 Å². The number of benzene rings is 1. The van der Waals surface area contributed by atoms with Crippen LogP contribution < -0.4 is 10.6 Å². The van der Waals surface area contributed by atoms with E-state index in [2.05, 4.69) is 15.4 Å². The Hall–Kier alpha value is -2.99. The summed E-state index contributed by atoms with van der Waals surface area (Å²) in [5, 5.41) is 15.6. The zero-order valence-electron chi connectivity index (χ0n) is 18.9. The number of ketones is 1. The average molecular weight is 499 g/mol. The first kappa shape index (κ1) is 26.6. The second-order valence-electron chi connectivity index (χ2n) is 8.63. The maximum atomic E-state index is 13.1. The van der Waals surface area contributed by atoms with E-state index in [1.807, 2.05) is 0 Å². The van der Waals surface area contributed by atoms with Gasteiger partial charge in [-0.2, -0.15) is 0 Å². The third-order valence-electron chi connectivity index (χ3n) is 6.20. The van der Waals surface area contributed by atoms with Gasteiger partial charge < -0.3 is 20.6 Å². The largest absolute Gasteiger partial charge is 0.522 e. The Morgan fingerprint density at radius 1 is 1.17 bits per heavy atom. The highest BCUT2D eigenvalue weighted by Gasteiger charge is 2.39. The van der Waals surface area contributed by atoms with Gasteiger partial charge in [0, 0.05) is 19.0 Å². The zero-order chi connectivity index (χ0) is 25.6. The van der Waals surface area contributed by atoms with E-state index in [0.717, 1.165) is 0 Å². The normalized spacial score (nSPS) is 22.3. The van der Waals surface area contributed by atoms with Crippen molar-refractivity contribution in [1.82, 2.24) is 15.5 Å². The Morgan fingerprint density at radius 3 is 2.51 bits per heavy atom. The van der Waals surface area contributed by atoms with Gasteiger partial charge in [0.25, 0.3) is 5.91 Å². The molecule has 192 valence electrons. The minimum atomic E-state index is -5.03. The van der Waals surface area contributed by atoms with Crippen LogP contribution in [0.4, 0.5) is 13.2 Å². The Kier molecular flexibility index (Phi) is 8.84. The molecular formula is C23H28F3N3O6. The molecule has 3 N–H and O–H groups in total. The van der Waals surface area contributed by atoms with Crippen molar-refractivity contribution in [2.45, 2.75) is 56.7 Å². The number of aliphatic hydroxyl groups excluding tert-OH is 1. The molecule has 1 aromatic rings. The van der Waals surface area contributed by atoms with Crippen molar-refractivity contribution < 1.29 is 42.2 Å². The van der Waals surface area contributed by atoms with Crippen molar-refractivity contribution in [3.05, 3.63) is 35.9 Å². The Morgan fingerprint density at radius 2 is 1.89 bits per heavy atom. The van der Waals surface area contributed by atoms with Crippen molar-refractivity contribution in [3.8, 4) is 0 Å². The number of carbonyl (C=O) groups is 4. The fourth-order valence-electron chi connectivity index (χ4n) is 4.35. The molecule has 3 rings (SSSR count). The van der Waals surface area contributed by atoms with Gasteiger partial charge in [-0.1, -0.05) is 30.3 Å². The third-order valence-corrected chi connectivity index (χ3v) is 6.20. The van der Waals surface area contributed by atoms with Gasteiger partial charge in [-0.3, -0.25) is 23.9 Å². The van der Waals surface area contributed by atoms with Crippen LogP contribution in [0.1, 0.15) is 43.8 Å². The van der Waals surface area contributed by atoms with Crippen LogP contribution in [0.2, 0.25) is 0 Å². The molecule has 2 aliphatic rings. The van der Waals surface area contributed by atoms with E-state index in [0.29, 0.717) is 31.4 Å². The number of rotatable bonds is 9. The number of hydrogen-bond acceptors (Lipinski definition) is 6. The number of Topliss-reactive ketones (excluding diaryl/α,β-unsaturated/α-hetero) is 1. The van der Waals surface area contributed by atoms with Gasteiger partial charge >= 0.3 is 6.36 Å². The van der Waals surface area contributed by atoms with Gasteiger partial charge in [0.1, 0.15) is 12.6 Å². The van der Waals surface area contributed by atoms with E-state index < -0.39 is 54.7 Å². The van der Waals surface area contributed by atoms with Crippen LogP contribution >= 0.6 is 0 Å². The summed E-state index contributed by atoms with van der Waals surface area (Å²) in [4.78, 5) is 51.8. The number of piperidine rings is 1. The molecular weight excluding hydrogens is 471 g/mol. The van der Waals surface area contributed by atoms with Gasteiger partial charge in [0.2, 0.25) is 11.8 Å². The van der Waals surface area contributed by atoms with E-state index >= 15 is 0 Å². The molecule has 3 amide bonds. The Labute approximate surface area is 200 Å². The number of likely N-dealkylation sites (tertiary alicyclic amines) is 1. The summed E-state index contributed by atoms with van der Waals surface area (Å²) in [6.45, 7) is -0.760. The molecule has 4 atom stereocenters. The van der Waals surface area contributed by atoms with E-state index in [1.54, 1.807) is 30.3 Å². The first-order valence-electron chi connectivity index (χ1n) is 11.4. The predicted molar refractivity (Wildman–Crippen MR) is 115 cm³/mol. The molecule has 2 heterocycles. The summed E-state index contributed by atoms with van der Waals surface area (Å²) in [6, 6.07) is 5.76. The Bertz CT molecular complexity index is 927. The van der Waals surface area contributed by atoms with Crippen LogP contribution in [0.25, 0.3) is 0 Å². The first-order valence-corrected chi connectivity index (χ1v) is 11.4. The second-order valence-corrected chi connectivity index (χ2v) is 8.63. The molecule has 0 bridgehead atoms. The summed E-state index contributed by atoms with van der Waals surface area (Å²) >= 11 is 0. The number of alkyl halides is 3. The number of nitrogens with zero attached hydrogens (tertiary/aromatic N) is 1. The number of amides is 3. The minimum Gasteiger partial charge on any atom is -0.378 e. The summed E-state index contributed by atoms with van der Waals surface area (Å²) in [5.41, 5.74) is 0.354. The summed E-state index contributed by atoms with van der Waals surface area (Å²) < 4.78 is 41.0. The summed E-state index contributed by atoms with van der Waals surface area (Å²) in [6.07, 6.45) is -4.89. The molecule has 35 heavy (non-hydrogen) atoms. The summed E-state index contributed by atoms with van der Waals surface area (Å²) in [7, 11) is 0. The van der Waals surface area contributed by atoms with E-state index in [-0.39, 0.29) is 25.3 Å². The van der Waals surface area contributed by atoms with Crippen LogP contribution in [0.15, 0.2) is 30.3 Å². The lowest BCUT2D eigenvalue weighted by Crippen LogP contribution is -2.56. The van der Waals surface area contributed by atoms with Gasteiger partial charge in [-0.05, 0) is 37.7 Å². The topological polar surface area (TPSA) is 125 Å². The van der Waals surface area contributed by atoms with E-state index in [9.17, 15) is 37.5 Å². The zero-order valence-corrected chi connectivity index (χ0v) is 18.9. The van der Waals surface area contributed by atoms with Crippen molar-refractivity contribution in [1.29, 1.82) is 0 Å². The van der Waals surface area contributed by atoms with Gasteiger partial charge in [-0.15, -0.1) is 13.2 Å². The lowest BCUT2D eigenvalue weighted by atomic mass is 9.94. The first-order chi connectivity index (χ1) is 16.6. The molecule has 2 saturated heterocycles. The number of ether oxygens (including phenoxy) is 1. The minimum absolute atomic E-state index is 0.190. The molecule has 0 saturated carbocycles. The smallest absolute Gasteiger partial charge is 0.378 e. The average Bonchev–Trinajstić information content (AvgIpc) is 3.25. The standard InChI is InChI=1S/C23H28F3N3O6/c24-23(25,26)35-13-18(30)16(12-15-9-10-27-20(15)32)28-21(33)17-8-4-5-11-29(17)22(34)19(31)14-6-2-1-3-7-14/h1-3,6-7,15-17,19,31H,4-5,8-13H2,(H,27,32)(H,28,33).